The zero-order valence-electron chi connectivity index (χ0n) is 17.4. The van der Waals surface area contributed by atoms with Crippen LogP contribution in [0.3, 0.4) is 0 Å². The van der Waals surface area contributed by atoms with Crippen LogP contribution in [0.5, 0.6) is 0 Å². The van der Waals surface area contributed by atoms with Crippen molar-refractivity contribution in [2.45, 2.75) is 19.4 Å². The first kappa shape index (κ1) is 24.2. The molecule has 1 unspecified atom stereocenters. The van der Waals surface area contributed by atoms with Gasteiger partial charge in [-0.2, -0.15) is 0 Å². The molecule has 1 aromatic rings. The lowest BCUT2D eigenvalue weighted by atomic mass is 10.1. The summed E-state index contributed by atoms with van der Waals surface area (Å²) in [6.45, 7) is 8.35. The number of hydrogen-bond acceptors (Lipinski definition) is 5. The van der Waals surface area contributed by atoms with E-state index in [0.29, 0.717) is 5.92 Å². The Morgan fingerprint density at radius 2 is 2.00 bits per heavy atom. The summed E-state index contributed by atoms with van der Waals surface area (Å²) in [4.78, 5) is 6.72. The first-order chi connectivity index (χ1) is 13.9. The van der Waals surface area contributed by atoms with Crippen molar-refractivity contribution in [3.8, 4) is 0 Å². The normalized spacial score (nSPS) is 19.7. The molecule has 2 fully saturated rings. The fraction of sp³-hybridized carbons (Fsp3) is 0.667. The summed E-state index contributed by atoms with van der Waals surface area (Å²) in [5, 5.41) is 6.79. The number of nitrogens with zero attached hydrogens (tertiary/aromatic N) is 2. The van der Waals surface area contributed by atoms with Crippen molar-refractivity contribution in [1.29, 1.82) is 0 Å². The van der Waals surface area contributed by atoms with E-state index in [1.54, 1.807) is 7.05 Å². The third-order valence-corrected chi connectivity index (χ3v) is 5.15. The van der Waals surface area contributed by atoms with E-state index in [2.05, 4.69) is 44.8 Å². The van der Waals surface area contributed by atoms with Gasteiger partial charge < -0.3 is 29.7 Å². The molecule has 29 heavy (non-hydrogen) atoms. The van der Waals surface area contributed by atoms with Gasteiger partial charge in [-0.15, -0.1) is 24.0 Å². The van der Waals surface area contributed by atoms with Crippen LogP contribution in [0, 0.1) is 5.92 Å². The molecule has 1 atom stereocenters. The third-order valence-electron chi connectivity index (χ3n) is 5.15. The molecular formula is C21H35IN4O3. The highest BCUT2D eigenvalue weighted by Crippen LogP contribution is 2.21. The van der Waals surface area contributed by atoms with Crippen molar-refractivity contribution in [3.05, 3.63) is 29.8 Å². The molecule has 0 aliphatic carbocycles. The highest BCUT2D eigenvalue weighted by molar-refractivity contribution is 14.0. The van der Waals surface area contributed by atoms with Gasteiger partial charge in [-0.05, 0) is 24.5 Å². The number of aliphatic imine (C=N–C) groups is 1. The van der Waals surface area contributed by atoms with Crippen LogP contribution in [0.15, 0.2) is 29.3 Å². The van der Waals surface area contributed by atoms with Gasteiger partial charge in [0.25, 0.3) is 0 Å². The minimum atomic E-state index is 0. The molecule has 0 bridgehead atoms. The lowest BCUT2D eigenvalue weighted by molar-refractivity contribution is 0.0888. The SMILES string of the molecule is CN=C(NCCCOCC1CCOC1)NCc1ccccc1N1CCOCC1.I. The predicted molar refractivity (Wildman–Crippen MR) is 127 cm³/mol. The van der Waals surface area contributed by atoms with Gasteiger partial charge in [0.15, 0.2) is 5.96 Å². The molecule has 0 aromatic heterocycles. The van der Waals surface area contributed by atoms with Gasteiger partial charge >= 0.3 is 0 Å². The maximum Gasteiger partial charge on any atom is 0.191 e. The van der Waals surface area contributed by atoms with Crippen molar-refractivity contribution < 1.29 is 14.2 Å². The Hall–Kier alpha value is -1.10. The largest absolute Gasteiger partial charge is 0.381 e. The van der Waals surface area contributed by atoms with E-state index < -0.39 is 0 Å². The number of para-hydroxylation sites is 1. The van der Waals surface area contributed by atoms with Crippen LogP contribution in [0.1, 0.15) is 18.4 Å². The van der Waals surface area contributed by atoms with Crippen molar-refractivity contribution in [2.75, 3.05) is 71.2 Å². The van der Waals surface area contributed by atoms with Crippen LogP contribution in [-0.4, -0.2) is 72.3 Å². The van der Waals surface area contributed by atoms with Gasteiger partial charge in [-0.25, -0.2) is 0 Å². The summed E-state index contributed by atoms with van der Waals surface area (Å²) < 4.78 is 16.6. The number of anilines is 1. The second-order valence-electron chi connectivity index (χ2n) is 7.24. The van der Waals surface area contributed by atoms with E-state index in [1.807, 2.05) is 0 Å². The van der Waals surface area contributed by atoms with Gasteiger partial charge in [0.1, 0.15) is 0 Å². The van der Waals surface area contributed by atoms with Crippen LogP contribution in [-0.2, 0) is 20.8 Å². The summed E-state index contributed by atoms with van der Waals surface area (Å²) in [7, 11) is 1.81. The Morgan fingerprint density at radius 3 is 2.76 bits per heavy atom. The van der Waals surface area contributed by atoms with E-state index in [-0.39, 0.29) is 24.0 Å². The zero-order chi connectivity index (χ0) is 19.4. The van der Waals surface area contributed by atoms with Crippen molar-refractivity contribution >= 4 is 35.6 Å². The van der Waals surface area contributed by atoms with Gasteiger partial charge in [-0.3, -0.25) is 4.99 Å². The Balaban J connectivity index is 0.00000300. The van der Waals surface area contributed by atoms with E-state index in [1.165, 1.54) is 11.3 Å². The molecule has 0 spiro atoms. The number of guanidine groups is 1. The Labute approximate surface area is 191 Å². The molecular weight excluding hydrogens is 483 g/mol. The number of halogens is 1. The average molecular weight is 518 g/mol. The quantitative estimate of drug-likeness (QED) is 0.226. The molecule has 0 radical (unpaired) electrons. The summed E-state index contributed by atoms with van der Waals surface area (Å²) in [6.07, 6.45) is 2.08. The van der Waals surface area contributed by atoms with Gasteiger partial charge in [-0.1, -0.05) is 18.2 Å². The highest BCUT2D eigenvalue weighted by atomic mass is 127. The predicted octanol–water partition coefficient (Wildman–Crippen LogP) is 2.25. The standard InChI is InChI=1S/C21H34N4O3.HI/c1-22-21(23-8-4-11-27-16-18-7-12-28-17-18)24-15-19-5-2-3-6-20(19)25-9-13-26-14-10-25;/h2-3,5-6,18H,4,7-17H2,1H3,(H2,22,23,24);1H. The molecule has 2 N–H and O–H groups in total. The second-order valence-corrected chi connectivity index (χ2v) is 7.24. The molecule has 8 heteroatoms. The molecule has 7 nitrogen and oxygen atoms in total. The Morgan fingerprint density at radius 1 is 1.17 bits per heavy atom. The summed E-state index contributed by atoms with van der Waals surface area (Å²) in [5.74, 6) is 1.40. The minimum Gasteiger partial charge on any atom is -0.381 e. The van der Waals surface area contributed by atoms with E-state index in [0.717, 1.165) is 84.6 Å². The lowest BCUT2D eigenvalue weighted by Crippen LogP contribution is -2.39. The molecule has 2 aliphatic heterocycles. The number of rotatable bonds is 9. The van der Waals surface area contributed by atoms with Crippen LogP contribution < -0.4 is 15.5 Å². The van der Waals surface area contributed by atoms with Crippen LogP contribution in [0.4, 0.5) is 5.69 Å². The summed E-state index contributed by atoms with van der Waals surface area (Å²) in [5.41, 5.74) is 2.55. The van der Waals surface area contributed by atoms with Crippen molar-refractivity contribution in [3.63, 3.8) is 0 Å². The molecule has 0 amide bonds. The molecule has 2 aliphatic rings. The lowest BCUT2D eigenvalue weighted by Gasteiger charge is -2.30. The average Bonchev–Trinajstić information content (AvgIpc) is 3.27. The Kier molecular flexibility index (Phi) is 11.7. The summed E-state index contributed by atoms with van der Waals surface area (Å²) >= 11 is 0. The third kappa shape index (κ3) is 8.27. The fourth-order valence-corrected chi connectivity index (χ4v) is 3.52. The van der Waals surface area contributed by atoms with Gasteiger partial charge in [0.2, 0.25) is 0 Å². The van der Waals surface area contributed by atoms with Crippen LogP contribution in [0.25, 0.3) is 0 Å². The van der Waals surface area contributed by atoms with E-state index in [9.17, 15) is 0 Å². The van der Waals surface area contributed by atoms with Crippen molar-refractivity contribution in [2.24, 2.45) is 10.9 Å². The van der Waals surface area contributed by atoms with E-state index in [4.69, 9.17) is 14.2 Å². The number of ether oxygens (including phenoxy) is 3. The molecule has 2 saturated heterocycles. The van der Waals surface area contributed by atoms with Crippen LogP contribution >= 0.6 is 24.0 Å². The minimum absolute atomic E-state index is 0. The monoisotopic (exact) mass is 518 g/mol. The zero-order valence-corrected chi connectivity index (χ0v) is 19.7. The molecule has 0 saturated carbocycles. The Bertz CT molecular complexity index is 605. The number of nitrogens with one attached hydrogen (secondary N) is 2. The highest BCUT2D eigenvalue weighted by Gasteiger charge is 2.15. The van der Waals surface area contributed by atoms with Crippen LogP contribution in [0.2, 0.25) is 0 Å². The maximum atomic E-state index is 5.75. The molecule has 2 heterocycles. The molecule has 3 rings (SSSR count). The second kappa shape index (κ2) is 14.0. The van der Waals surface area contributed by atoms with Gasteiger partial charge in [0, 0.05) is 58.0 Å². The smallest absolute Gasteiger partial charge is 0.191 e. The molecule has 1 aromatic carbocycles. The van der Waals surface area contributed by atoms with Gasteiger partial charge in [0.05, 0.1) is 26.4 Å². The topological polar surface area (TPSA) is 67.4 Å². The van der Waals surface area contributed by atoms with Crippen molar-refractivity contribution in [1.82, 2.24) is 10.6 Å². The summed E-state index contributed by atoms with van der Waals surface area (Å²) in [6, 6.07) is 8.54. The molecule has 164 valence electrons. The number of hydrogen-bond donors (Lipinski definition) is 2. The fourth-order valence-electron chi connectivity index (χ4n) is 3.52. The number of benzene rings is 1. The number of morpholine rings is 1. The first-order valence-electron chi connectivity index (χ1n) is 10.4. The van der Waals surface area contributed by atoms with E-state index >= 15 is 0 Å². The first-order valence-corrected chi connectivity index (χ1v) is 10.4. The maximum absolute atomic E-state index is 5.75.